The second-order valence-corrected chi connectivity index (χ2v) is 4.33. The summed E-state index contributed by atoms with van der Waals surface area (Å²) in [6, 6.07) is 0. The summed E-state index contributed by atoms with van der Waals surface area (Å²) >= 11 is 0. The van der Waals surface area contributed by atoms with E-state index in [0.29, 0.717) is 12.1 Å². The average Bonchev–Trinajstić information content (AvgIpc) is 2.20. The Bertz CT molecular complexity index is 237. The molecular formula is C11H19NO2. The quantitative estimate of drug-likeness (QED) is 0.414. The normalized spacial score (nSPS) is 35.9. The molecule has 0 aromatic carbocycles. The van der Waals surface area contributed by atoms with E-state index in [4.69, 9.17) is 5.21 Å². The summed E-state index contributed by atoms with van der Waals surface area (Å²) in [5.41, 5.74) is 0.386. The number of hydrogen-bond donors (Lipinski definition) is 2. The molecule has 3 heteroatoms. The molecule has 1 aliphatic carbocycles. The zero-order valence-electron chi connectivity index (χ0n) is 8.74. The van der Waals surface area contributed by atoms with Crippen molar-refractivity contribution in [2.75, 3.05) is 0 Å². The highest BCUT2D eigenvalue weighted by Crippen LogP contribution is 2.38. The third kappa shape index (κ3) is 2.15. The van der Waals surface area contributed by atoms with Crippen LogP contribution in [0.4, 0.5) is 0 Å². The number of rotatable bonds is 3. The van der Waals surface area contributed by atoms with Gasteiger partial charge < -0.3 is 10.3 Å². The molecule has 0 aromatic heterocycles. The molecule has 1 rings (SSSR count). The van der Waals surface area contributed by atoms with E-state index in [-0.39, 0.29) is 5.41 Å². The molecular weight excluding hydrogens is 178 g/mol. The molecule has 0 aliphatic heterocycles. The summed E-state index contributed by atoms with van der Waals surface area (Å²) in [7, 11) is 0. The first-order chi connectivity index (χ1) is 6.64. The SMILES string of the molecule is C=CCCC1(C)CCC/C(=N/O)C1O. The Labute approximate surface area is 85.1 Å². The third-order valence-electron chi connectivity index (χ3n) is 3.20. The van der Waals surface area contributed by atoms with Crippen LogP contribution in [0.1, 0.15) is 39.0 Å². The van der Waals surface area contributed by atoms with Crippen molar-refractivity contribution in [2.24, 2.45) is 10.6 Å². The molecule has 2 atom stereocenters. The van der Waals surface area contributed by atoms with Gasteiger partial charge in [-0.2, -0.15) is 0 Å². The Morgan fingerprint density at radius 2 is 2.43 bits per heavy atom. The number of aliphatic hydroxyl groups is 1. The minimum atomic E-state index is -0.596. The number of aliphatic hydroxyl groups excluding tert-OH is 1. The molecule has 0 amide bonds. The van der Waals surface area contributed by atoms with E-state index in [1.165, 1.54) is 0 Å². The van der Waals surface area contributed by atoms with E-state index in [9.17, 15) is 5.11 Å². The van der Waals surface area contributed by atoms with Crippen molar-refractivity contribution in [3.8, 4) is 0 Å². The number of allylic oxidation sites excluding steroid dienone is 1. The standard InChI is InChI=1S/C11H19NO2/c1-3-4-7-11(2)8-5-6-9(12-14)10(11)13/h3,10,13-14H,1,4-8H2,2H3/b12-9-. The first kappa shape index (κ1) is 11.2. The van der Waals surface area contributed by atoms with Crippen molar-refractivity contribution in [2.45, 2.75) is 45.1 Å². The molecule has 80 valence electrons. The summed E-state index contributed by atoms with van der Waals surface area (Å²) < 4.78 is 0. The first-order valence-corrected chi connectivity index (χ1v) is 5.14. The lowest BCUT2D eigenvalue weighted by Gasteiger charge is -2.38. The molecule has 0 saturated heterocycles. The van der Waals surface area contributed by atoms with Crippen LogP contribution in [0.3, 0.4) is 0 Å². The summed E-state index contributed by atoms with van der Waals surface area (Å²) in [5.74, 6) is 0. The summed E-state index contributed by atoms with van der Waals surface area (Å²) in [5, 5.41) is 21.9. The van der Waals surface area contributed by atoms with Gasteiger partial charge in [0.05, 0.1) is 5.71 Å². The number of oxime groups is 1. The average molecular weight is 197 g/mol. The first-order valence-electron chi connectivity index (χ1n) is 5.14. The van der Waals surface area contributed by atoms with Crippen LogP contribution in [-0.4, -0.2) is 22.1 Å². The molecule has 14 heavy (non-hydrogen) atoms. The molecule has 1 fully saturated rings. The van der Waals surface area contributed by atoms with Crippen LogP contribution in [0.25, 0.3) is 0 Å². The zero-order chi connectivity index (χ0) is 10.6. The Hall–Kier alpha value is -0.830. The Morgan fingerprint density at radius 1 is 1.71 bits per heavy atom. The highest BCUT2D eigenvalue weighted by Gasteiger charge is 2.38. The minimum Gasteiger partial charge on any atom is -0.411 e. The fourth-order valence-electron chi connectivity index (χ4n) is 2.15. The van der Waals surface area contributed by atoms with E-state index < -0.39 is 6.10 Å². The molecule has 0 aromatic rings. The van der Waals surface area contributed by atoms with Crippen molar-refractivity contribution < 1.29 is 10.3 Å². The molecule has 2 unspecified atom stereocenters. The van der Waals surface area contributed by atoms with E-state index >= 15 is 0 Å². The van der Waals surface area contributed by atoms with Crippen LogP contribution in [0.5, 0.6) is 0 Å². The van der Waals surface area contributed by atoms with E-state index in [2.05, 4.69) is 11.7 Å². The lowest BCUT2D eigenvalue weighted by Crippen LogP contribution is -2.42. The topological polar surface area (TPSA) is 52.8 Å². The molecule has 0 spiro atoms. The second-order valence-electron chi connectivity index (χ2n) is 4.33. The maximum Gasteiger partial charge on any atom is 0.101 e. The molecule has 1 saturated carbocycles. The molecule has 2 N–H and O–H groups in total. The van der Waals surface area contributed by atoms with Gasteiger partial charge in [0.25, 0.3) is 0 Å². The zero-order valence-corrected chi connectivity index (χ0v) is 8.74. The molecule has 0 radical (unpaired) electrons. The molecule has 0 bridgehead atoms. The van der Waals surface area contributed by atoms with E-state index in [1.807, 2.05) is 13.0 Å². The van der Waals surface area contributed by atoms with Crippen LogP contribution >= 0.6 is 0 Å². The van der Waals surface area contributed by atoms with Gasteiger partial charge in [-0.3, -0.25) is 0 Å². The Balaban J connectivity index is 2.70. The summed E-state index contributed by atoms with van der Waals surface area (Å²) in [4.78, 5) is 0. The van der Waals surface area contributed by atoms with Gasteiger partial charge in [0.1, 0.15) is 6.10 Å². The van der Waals surface area contributed by atoms with Crippen LogP contribution < -0.4 is 0 Å². The molecule has 3 nitrogen and oxygen atoms in total. The highest BCUT2D eigenvalue weighted by molar-refractivity contribution is 5.89. The van der Waals surface area contributed by atoms with Crippen LogP contribution in [0.2, 0.25) is 0 Å². The maximum absolute atomic E-state index is 9.99. The summed E-state index contributed by atoms with van der Waals surface area (Å²) in [6.07, 6.45) is 5.75. The van der Waals surface area contributed by atoms with Crippen molar-refractivity contribution >= 4 is 5.71 Å². The predicted molar refractivity (Wildman–Crippen MR) is 56.6 cm³/mol. The van der Waals surface area contributed by atoms with E-state index in [1.54, 1.807) is 0 Å². The summed E-state index contributed by atoms with van der Waals surface area (Å²) in [6.45, 7) is 5.73. The monoisotopic (exact) mass is 197 g/mol. The van der Waals surface area contributed by atoms with Crippen molar-refractivity contribution in [1.82, 2.24) is 0 Å². The Kier molecular flexibility index (Phi) is 3.69. The fraction of sp³-hybridized carbons (Fsp3) is 0.727. The number of nitrogens with zero attached hydrogens (tertiary/aromatic N) is 1. The van der Waals surface area contributed by atoms with Gasteiger partial charge in [-0.05, 0) is 37.5 Å². The molecule has 1 aliphatic rings. The molecule has 0 heterocycles. The van der Waals surface area contributed by atoms with Crippen LogP contribution in [0.15, 0.2) is 17.8 Å². The van der Waals surface area contributed by atoms with Crippen molar-refractivity contribution in [3.05, 3.63) is 12.7 Å². The second kappa shape index (κ2) is 4.60. The third-order valence-corrected chi connectivity index (χ3v) is 3.20. The number of hydrogen-bond acceptors (Lipinski definition) is 3. The lowest BCUT2D eigenvalue weighted by atomic mass is 9.70. The van der Waals surface area contributed by atoms with Gasteiger partial charge in [-0.1, -0.05) is 18.2 Å². The van der Waals surface area contributed by atoms with Crippen LogP contribution in [0, 0.1) is 5.41 Å². The largest absolute Gasteiger partial charge is 0.411 e. The van der Waals surface area contributed by atoms with E-state index in [0.717, 1.165) is 25.7 Å². The Morgan fingerprint density at radius 3 is 3.00 bits per heavy atom. The lowest BCUT2D eigenvalue weighted by molar-refractivity contribution is 0.0595. The van der Waals surface area contributed by atoms with Gasteiger partial charge >= 0.3 is 0 Å². The van der Waals surface area contributed by atoms with Gasteiger partial charge in [0.15, 0.2) is 0 Å². The van der Waals surface area contributed by atoms with Crippen LogP contribution in [-0.2, 0) is 0 Å². The van der Waals surface area contributed by atoms with Crippen molar-refractivity contribution in [3.63, 3.8) is 0 Å². The maximum atomic E-state index is 9.99. The van der Waals surface area contributed by atoms with Gasteiger partial charge in [-0.25, -0.2) is 0 Å². The smallest absolute Gasteiger partial charge is 0.101 e. The van der Waals surface area contributed by atoms with Gasteiger partial charge in [0.2, 0.25) is 0 Å². The van der Waals surface area contributed by atoms with Gasteiger partial charge in [0, 0.05) is 0 Å². The fourth-order valence-corrected chi connectivity index (χ4v) is 2.15. The van der Waals surface area contributed by atoms with Crippen molar-refractivity contribution in [1.29, 1.82) is 0 Å². The minimum absolute atomic E-state index is 0.145. The highest BCUT2D eigenvalue weighted by atomic mass is 16.4. The predicted octanol–water partition coefficient (Wildman–Crippen LogP) is 2.33. The van der Waals surface area contributed by atoms with Gasteiger partial charge in [-0.15, -0.1) is 6.58 Å².